The second-order valence-corrected chi connectivity index (χ2v) is 14.5. The molecule has 0 aliphatic carbocycles. The predicted octanol–water partition coefficient (Wildman–Crippen LogP) is 13.4. The highest BCUT2D eigenvalue weighted by atomic mass is 16.3. The Morgan fingerprint density at radius 3 is 2.09 bits per heavy atom. The number of aromatic nitrogens is 3. The van der Waals surface area contributed by atoms with Crippen molar-refractivity contribution in [3.05, 3.63) is 168 Å². The van der Waals surface area contributed by atoms with Crippen LogP contribution in [0.25, 0.3) is 72.7 Å². The van der Waals surface area contributed by atoms with Crippen molar-refractivity contribution in [2.45, 2.75) is 59.0 Å². The highest BCUT2D eigenvalue weighted by Crippen LogP contribution is 2.42. The Labute approximate surface area is 347 Å². The van der Waals surface area contributed by atoms with Gasteiger partial charge >= 0.3 is 0 Å². The third-order valence-corrected chi connectivity index (χ3v) is 9.61. The van der Waals surface area contributed by atoms with Crippen LogP contribution < -0.4 is 0 Å². The fourth-order valence-corrected chi connectivity index (χ4v) is 6.75. The van der Waals surface area contributed by atoms with Gasteiger partial charge in [0.2, 0.25) is 0 Å². The third kappa shape index (κ3) is 6.97. The van der Waals surface area contributed by atoms with Crippen molar-refractivity contribution >= 4 is 11.0 Å². The highest BCUT2D eigenvalue weighted by molar-refractivity contribution is 5.97. The van der Waals surface area contributed by atoms with Gasteiger partial charge < -0.3 is 5.11 Å². The smallest absolute Gasteiger partial charge is 0.149 e. The maximum absolute atomic E-state index is 11.3. The Kier molecular flexibility index (Phi) is 5.44. The van der Waals surface area contributed by atoms with Gasteiger partial charge in [0.15, 0.2) is 0 Å². The Balaban J connectivity index is 1.36. The number of nitrogens with zero attached hydrogens (tertiary/aromatic N) is 3. The van der Waals surface area contributed by atoms with E-state index in [0.717, 1.165) is 11.1 Å². The summed E-state index contributed by atoms with van der Waals surface area (Å²) in [6, 6.07) is 31.7. The topological polar surface area (TPSA) is 50.9 Å². The van der Waals surface area contributed by atoms with Crippen LogP contribution >= 0.6 is 0 Å². The van der Waals surface area contributed by atoms with Gasteiger partial charge in [0.05, 0.1) is 33.5 Å². The van der Waals surface area contributed by atoms with Crippen LogP contribution in [0.3, 0.4) is 0 Å². The van der Waals surface area contributed by atoms with Gasteiger partial charge in [0, 0.05) is 39.3 Å². The van der Waals surface area contributed by atoms with Gasteiger partial charge in [-0.15, -0.1) is 0 Å². The molecule has 6 aromatic carbocycles. The first-order chi connectivity index (χ1) is 33.0. The van der Waals surface area contributed by atoms with Gasteiger partial charge in [0.1, 0.15) is 11.6 Å². The average Bonchev–Trinajstić information content (AvgIpc) is 3.67. The molecule has 55 heavy (non-hydrogen) atoms. The minimum Gasteiger partial charge on any atom is -0.507 e. The standard InChI is InChI=1S/C51H47N3O/c1-33-20-25-45(43(28-33)35-14-9-8-10-15-35)54-46-18-13-17-41(48(46)53-49(54)42-16-11-12-19-47(42)55)37-29-38(31-40(30-37)51(5,6)7)44-32-36(26-27-52-44)34-21-23-39(24-22-34)50(2,3)4/h8-32,55H,1-7H3/i1D3,2D3,3D3,4D3,21D,22D,23D,24D. The van der Waals surface area contributed by atoms with Gasteiger partial charge in [-0.1, -0.05) is 138 Å². The van der Waals surface area contributed by atoms with Crippen molar-refractivity contribution in [3.8, 4) is 67.5 Å². The maximum atomic E-state index is 11.3. The normalized spacial score (nSPS) is 17.1. The number of aryl methyl sites for hydroxylation is 1. The largest absolute Gasteiger partial charge is 0.507 e. The number of phenols is 1. The Morgan fingerprint density at radius 2 is 1.35 bits per heavy atom. The maximum Gasteiger partial charge on any atom is 0.149 e. The van der Waals surface area contributed by atoms with E-state index in [-0.39, 0.29) is 22.4 Å². The minimum absolute atomic E-state index is 0.0310. The number of hydrogen-bond acceptors (Lipinski definition) is 3. The molecule has 0 bridgehead atoms. The zero-order valence-electron chi connectivity index (χ0n) is 46.4. The predicted molar refractivity (Wildman–Crippen MR) is 230 cm³/mol. The lowest BCUT2D eigenvalue weighted by Crippen LogP contribution is -2.11. The second-order valence-electron chi connectivity index (χ2n) is 14.5. The zero-order chi connectivity index (χ0) is 52.0. The number of para-hydroxylation sites is 2. The number of imidazole rings is 1. The summed E-state index contributed by atoms with van der Waals surface area (Å²) >= 11 is 0. The van der Waals surface area contributed by atoms with E-state index in [1.165, 1.54) is 18.3 Å². The molecule has 8 aromatic rings. The van der Waals surface area contributed by atoms with Crippen molar-refractivity contribution in [1.82, 2.24) is 14.5 Å². The molecule has 0 amide bonds. The molecule has 2 aromatic heterocycles. The number of rotatable bonds is 6. The molecule has 0 fully saturated rings. The number of hydrogen-bond donors (Lipinski definition) is 1. The van der Waals surface area contributed by atoms with E-state index in [4.69, 9.17) is 26.9 Å². The summed E-state index contributed by atoms with van der Waals surface area (Å²) in [6.07, 6.45) is 1.40. The number of benzene rings is 6. The van der Waals surface area contributed by atoms with E-state index >= 15 is 0 Å². The number of fused-ring (bicyclic) bond motifs is 1. The third-order valence-electron chi connectivity index (χ3n) is 9.61. The summed E-state index contributed by atoms with van der Waals surface area (Å²) in [5.41, 5.74) is 1.15. The average molecular weight is 734 g/mol. The molecule has 1 N–H and O–H groups in total. The quantitative estimate of drug-likeness (QED) is 0.185. The summed E-state index contributed by atoms with van der Waals surface area (Å²) in [7, 11) is 0. The monoisotopic (exact) mass is 733 g/mol. The van der Waals surface area contributed by atoms with Crippen LogP contribution in [0.4, 0.5) is 0 Å². The lowest BCUT2D eigenvalue weighted by atomic mass is 9.83. The summed E-state index contributed by atoms with van der Waals surface area (Å²) in [5.74, 6) is 0.349. The van der Waals surface area contributed by atoms with Gasteiger partial charge in [0.25, 0.3) is 0 Å². The lowest BCUT2D eigenvalue weighted by molar-refractivity contribution is 0.477. The van der Waals surface area contributed by atoms with Crippen molar-refractivity contribution in [2.24, 2.45) is 0 Å². The molecule has 0 saturated carbocycles. The van der Waals surface area contributed by atoms with E-state index in [2.05, 4.69) is 4.98 Å². The van der Waals surface area contributed by atoms with Gasteiger partial charge in [-0.25, -0.2) is 4.98 Å². The Hall–Kier alpha value is -6.26. The van der Waals surface area contributed by atoms with Crippen molar-refractivity contribution in [2.75, 3.05) is 0 Å². The van der Waals surface area contributed by atoms with Crippen molar-refractivity contribution < 1.29 is 27.0 Å². The first kappa shape index (κ1) is 21.6. The van der Waals surface area contributed by atoms with Crippen LogP contribution in [0.2, 0.25) is 0 Å². The molecule has 0 saturated heterocycles. The molecule has 272 valence electrons. The van der Waals surface area contributed by atoms with Crippen LogP contribution in [0, 0.1) is 6.85 Å². The van der Waals surface area contributed by atoms with Gasteiger partial charge in [-0.3, -0.25) is 9.55 Å². The van der Waals surface area contributed by atoms with Gasteiger partial charge in [-0.2, -0.15) is 0 Å². The molecule has 4 nitrogen and oxygen atoms in total. The van der Waals surface area contributed by atoms with Crippen LogP contribution in [0.5, 0.6) is 5.75 Å². The summed E-state index contributed by atoms with van der Waals surface area (Å²) in [5, 5.41) is 11.3. The molecule has 0 unspecified atom stereocenters. The Bertz CT molecular complexity index is 3300. The number of pyridine rings is 1. The molecule has 0 radical (unpaired) electrons. The molecular weight excluding hydrogens is 671 g/mol. The molecule has 8 rings (SSSR count). The molecule has 0 spiro atoms. The van der Waals surface area contributed by atoms with E-state index < -0.39 is 68.0 Å². The number of aromatic hydroxyl groups is 1. The fraction of sp³-hybridized carbons (Fsp3) is 0.176. The van der Waals surface area contributed by atoms with E-state index in [0.29, 0.717) is 56.1 Å². The summed E-state index contributed by atoms with van der Waals surface area (Å²) < 4.78 is 136. The molecular formula is C51H47N3O. The van der Waals surface area contributed by atoms with Crippen LogP contribution in [-0.2, 0) is 10.8 Å². The summed E-state index contributed by atoms with van der Waals surface area (Å²) in [6.45, 7) is -7.77. The first-order valence-electron chi connectivity index (χ1n) is 25.7. The zero-order valence-corrected chi connectivity index (χ0v) is 30.4. The minimum atomic E-state index is -3.82. The van der Waals surface area contributed by atoms with E-state index in [9.17, 15) is 5.11 Å². The first-order valence-corrected chi connectivity index (χ1v) is 17.7. The van der Waals surface area contributed by atoms with Crippen LogP contribution in [0.15, 0.2) is 152 Å². The Morgan fingerprint density at radius 1 is 0.600 bits per heavy atom. The van der Waals surface area contributed by atoms with E-state index in [1.54, 1.807) is 42.5 Å². The van der Waals surface area contributed by atoms with Crippen LogP contribution in [-0.4, -0.2) is 19.6 Å². The molecule has 2 heterocycles. The molecule has 0 atom stereocenters. The van der Waals surface area contributed by atoms with Crippen molar-refractivity contribution in [1.29, 1.82) is 0 Å². The van der Waals surface area contributed by atoms with Gasteiger partial charge in [-0.05, 0) is 106 Å². The number of phenolic OH excluding ortho intramolecular Hbond substituents is 1. The molecule has 4 heteroatoms. The fourth-order valence-electron chi connectivity index (χ4n) is 6.75. The SMILES string of the molecule is [2H]c1c([2H])c(C(C([2H])([2H])[2H])(C([2H])([2H])[2H])C([2H])([2H])[2H])c([2H])c([2H])c1-c1ccnc(-c2cc(-c3cccc4c3nc(-c3ccccc3O)n4-c3ccc(C([2H])([2H])[2H])cc3-c3ccccc3)cc(C(C)(C)C)c2)c1. The molecule has 0 aliphatic heterocycles. The lowest BCUT2D eigenvalue weighted by Gasteiger charge is -2.22. The second kappa shape index (κ2) is 13.9. The van der Waals surface area contributed by atoms with E-state index in [1.807, 2.05) is 92.1 Å². The highest BCUT2D eigenvalue weighted by Gasteiger charge is 2.23. The summed E-state index contributed by atoms with van der Waals surface area (Å²) in [4.78, 5) is 9.91. The molecule has 0 aliphatic rings. The van der Waals surface area contributed by atoms with Crippen LogP contribution in [0.1, 0.15) is 79.9 Å². The van der Waals surface area contributed by atoms with Crippen molar-refractivity contribution in [3.63, 3.8) is 0 Å².